The number of rotatable bonds is 4. The molecule has 0 spiro atoms. The van der Waals surface area contributed by atoms with E-state index in [2.05, 4.69) is 10.3 Å². The first-order chi connectivity index (χ1) is 13.2. The minimum absolute atomic E-state index is 0.161. The van der Waals surface area contributed by atoms with Gasteiger partial charge in [-0.1, -0.05) is 0 Å². The van der Waals surface area contributed by atoms with E-state index in [-0.39, 0.29) is 11.9 Å². The van der Waals surface area contributed by atoms with Gasteiger partial charge in [-0.15, -0.1) is 0 Å². The van der Waals surface area contributed by atoms with E-state index in [1.165, 1.54) is 24.1 Å². The molecule has 5 heteroatoms. The standard InChI is InChI=1S/C22H22N2O3/c1-2-27-22(26)14-7-10-16(11-8-14)23-21(25)15-9-12-20-18(13-15)17-5-3-4-6-19(17)24-20/h7-13,24H,2-6H2,1H3,(H,23,25). The average molecular weight is 362 g/mol. The predicted octanol–water partition coefficient (Wildman–Crippen LogP) is 4.48. The fraction of sp³-hybridized carbons (Fsp3) is 0.273. The first kappa shape index (κ1) is 17.3. The van der Waals surface area contributed by atoms with Crippen LogP contribution in [0.5, 0.6) is 0 Å². The highest BCUT2D eigenvalue weighted by Crippen LogP contribution is 2.29. The number of benzene rings is 2. The van der Waals surface area contributed by atoms with Crippen molar-refractivity contribution < 1.29 is 14.3 Å². The van der Waals surface area contributed by atoms with Crippen LogP contribution in [0.2, 0.25) is 0 Å². The van der Waals surface area contributed by atoms with E-state index in [1.807, 2.05) is 18.2 Å². The third-order valence-electron chi connectivity index (χ3n) is 5.01. The number of hydrogen-bond acceptors (Lipinski definition) is 3. The van der Waals surface area contributed by atoms with Crippen LogP contribution in [0.3, 0.4) is 0 Å². The lowest BCUT2D eigenvalue weighted by Crippen LogP contribution is -2.12. The summed E-state index contributed by atoms with van der Waals surface area (Å²) < 4.78 is 4.97. The van der Waals surface area contributed by atoms with Crippen molar-refractivity contribution in [1.82, 2.24) is 4.98 Å². The summed E-state index contributed by atoms with van der Waals surface area (Å²) >= 11 is 0. The van der Waals surface area contributed by atoms with Crippen molar-refractivity contribution in [1.29, 1.82) is 0 Å². The Balaban J connectivity index is 1.53. The molecule has 0 saturated carbocycles. The molecule has 1 amide bonds. The number of carbonyl (C=O) groups is 2. The van der Waals surface area contributed by atoms with Gasteiger partial charge in [0.2, 0.25) is 0 Å². The van der Waals surface area contributed by atoms with Gasteiger partial charge in [-0.2, -0.15) is 0 Å². The third kappa shape index (κ3) is 3.45. The Morgan fingerprint density at radius 1 is 1.04 bits per heavy atom. The molecule has 2 aromatic carbocycles. The summed E-state index contributed by atoms with van der Waals surface area (Å²) in [7, 11) is 0. The summed E-state index contributed by atoms with van der Waals surface area (Å²) in [5, 5.41) is 4.04. The largest absolute Gasteiger partial charge is 0.462 e. The van der Waals surface area contributed by atoms with Gasteiger partial charge in [0, 0.05) is 27.8 Å². The Morgan fingerprint density at radius 2 is 1.78 bits per heavy atom. The number of esters is 1. The summed E-state index contributed by atoms with van der Waals surface area (Å²) in [5.41, 5.74) is 5.49. The van der Waals surface area contributed by atoms with Gasteiger partial charge in [0.1, 0.15) is 0 Å². The van der Waals surface area contributed by atoms with E-state index < -0.39 is 0 Å². The molecule has 0 bridgehead atoms. The zero-order valence-electron chi connectivity index (χ0n) is 15.3. The molecule has 1 aliphatic rings. The van der Waals surface area contributed by atoms with Crippen molar-refractivity contribution in [3.63, 3.8) is 0 Å². The van der Waals surface area contributed by atoms with E-state index >= 15 is 0 Å². The molecule has 5 nitrogen and oxygen atoms in total. The summed E-state index contributed by atoms with van der Waals surface area (Å²) in [5.74, 6) is -0.524. The van der Waals surface area contributed by atoms with E-state index in [4.69, 9.17) is 4.74 Å². The van der Waals surface area contributed by atoms with Crippen molar-refractivity contribution >= 4 is 28.5 Å². The van der Waals surface area contributed by atoms with Crippen LogP contribution >= 0.6 is 0 Å². The second-order valence-electron chi connectivity index (χ2n) is 6.80. The molecular formula is C22H22N2O3. The van der Waals surface area contributed by atoms with E-state index in [0.29, 0.717) is 23.4 Å². The van der Waals surface area contributed by atoms with Crippen molar-refractivity contribution in [2.75, 3.05) is 11.9 Å². The zero-order chi connectivity index (χ0) is 18.8. The van der Waals surface area contributed by atoms with Crippen LogP contribution in [0.15, 0.2) is 42.5 Å². The average Bonchev–Trinajstić information content (AvgIpc) is 3.06. The van der Waals surface area contributed by atoms with Gasteiger partial charge in [0.05, 0.1) is 12.2 Å². The fourth-order valence-electron chi connectivity index (χ4n) is 3.65. The first-order valence-corrected chi connectivity index (χ1v) is 9.37. The molecule has 3 aromatic rings. The van der Waals surface area contributed by atoms with E-state index in [9.17, 15) is 9.59 Å². The molecule has 1 aromatic heterocycles. The molecule has 0 unspecified atom stereocenters. The molecule has 0 aliphatic heterocycles. The highest BCUT2D eigenvalue weighted by atomic mass is 16.5. The van der Waals surface area contributed by atoms with Crippen LogP contribution in [0.25, 0.3) is 10.9 Å². The number of hydrogen-bond donors (Lipinski definition) is 2. The third-order valence-corrected chi connectivity index (χ3v) is 5.01. The van der Waals surface area contributed by atoms with Gasteiger partial charge in [-0.05, 0) is 80.6 Å². The highest BCUT2D eigenvalue weighted by Gasteiger charge is 2.17. The van der Waals surface area contributed by atoms with Gasteiger partial charge in [0.25, 0.3) is 5.91 Å². The van der Waals surface area contributed by atoms with Crippen molar-refractivity contribution in [2.24, 2.45) is 0 Å². The SMILES string of the molecule is CCOC(=O)c1ccc(NC(=O)c2ccc3[nH]c4c(c3c2)CCCC4)cc1. The number of carbonyl (C=O) groups excluding carboxylic acids is 2. The minimum Gasteiger partial charge on any atom is -0.462 e. The topological polar surface area (TPSA) is 71.2 Å². The number of aryl methyl sites for hydroxylation is 2. The van der Waals surface area contributed by atoms with Crippen LogP contribution in [0, 0.1) is 0 Å². The monoisotopic (exact) mass is 362 g/mol. The van der Waals surface area contributed by atoms with Gasteiger partial charge >= 0.3 is 5.97 Å². The minimum atomic E-state index is -0.363. The Labute approximate surface area is 157 Å². The Bertz CT molecular complexity index is 1000. The number of anilines is 1. The van der Waals surface area contributed by atoms with Gasteiger partial charge in [0.15, 0.2) is 0 Å². The Morgan fingerprint density at radius 3 is 2.56 bits per heavy atom. The number of H-pyrrole nitrogens is 1. The van der Waals surface area contributed by atoms with Crippen molar-refractivity contribution in [3.8, 4) is 0 Å². The van der Waals surface area contributed by atoms with Crippen molar-refractivity contribution in [3.05, 3.63) is 64.8 Å². The number of amides is 1. The molecule has 1 aliphatic carbocycles. The van der Waals surface area contributed by atoms with Crippen LogP contribution in [0.1, 0.15) is 51.7 Å². The first-order valence-electron chi connectivity index (χ1n) is 9.37. The number of aromatic nitrogens is 1. The number of fused-ring (bicyclic) bond motifs is 3. The normalized spacial score (nSPS) is 13.2. The van der Waals surface area contributed by atoms with E-state index in [0.717, 1.165) is 23.7 Å². The smallest absolute Gasteiger partial charge is 0.338 e. The Hall–Kier alpha value is -3.08. The molecule has 0 fully saturated rings. The van der Waals surface area contributed by atoms with Crippen LogP contribution < -0.4 is 5.32 Å². The van der Waals surface area contributed by atoms with E-state index in [1.54, 1.807) is 31.2 Å². The lowest BCUT2D eigenvalue weighted by atomic mass is 9.95. The quantitative estimate of drug-likeness (QED) is 0.673. The zero-order valence-corrected chi connectivity index (χ0v) is 15.3. The molecule has 0 saturated heterocycles. The van der Waals surface area contributed by atoms with Crippen LogP contribution in [-0.4, -0.2) is 23.5 Å². The van der Waals surface area contributed by atoms with Gasteiger partial charge in [-0.3, -0.25) is 4.79 Å². The lowest BCUT2D eigenvalue weighted by Gasteiger charge is -2.10. The second-order valence-corrected chi connectivity index (χ2v) is 6.80. The molecule has 0 atom stereocenters. The van der Waals surface area contributed by atoms with Crippen LogP contribution in [-0.2, 0) is 17.6 Å². The highest BCUT2D eigenvalue weighted by molar-refractivity contribution is 6.06. The molecule has 1 heterocycles. The number of nitrogens with one attached hydrogen (secondary N) is 2. The maximum atomic E-state index is 12.7. The lowest BCUT2D eigenvalue weighted by molar-refractivity contribution is 0.0526. The summed E-state index contributed by atoms with van der Waals surface area (Å²) in [6, 6.07) is 12.5. The van der Waals surface area contributed by atoms with Crippen LogP contribution in [0.4, 0.5) is 5.69 Å². The molecule has 4 rings (SSSR count). The van der Waals surface area contributed by atoms with Gasteiger partial charge < -0.3 is 15.0 Å². The molecule has 27 heavy (non-hydrogen) atoms. The van der Waals surface area contributed by atoms with Gasteiger partial charge in [-0.25, -0.2) is 4.79 Å². The second kappa shape index (κ2) is 7.27. The fourth-order valence-corrected chi connectivity index (χ4v) is 3.65. The summed E-state index contributed by atoms with van der Waals surface area (Å²) in [4.78, 5) is 27.8. The maximum Gasteiger partial charge on any atom is 0.338 e. The molecule has 2 N–H and O–H groups in total. The molecular weight excluding hydrogens is 340 g/mol. The summed E-state index contributed by atoms with van der Waals surface area (Å²) in [6.45, 7) is 2.10. The number of ether oxygens (including phenoxy) is 1. The molecule has 138 valence electrons. The number of aromatic amines is 1. The molecule has 0 radical (unpaired) electrons. The van der Waals surface area contributed by atoms with Crippen molar-refractivity contribution in [2.45, 2.75) is 32.6 Å². The Kier molecular flexibility index (Phi) is 4.67. The maximum absolute atomic E-state index is 12.7. The summed E-state index contributed by atoms with van der Waals surface area (Å²) in [6.07, 6.45) is 4.56. The predicted molar refractivity (Wildman–Crippen MR) is 105 cm³/mol.